The van der Waals surface area contributed by atoms with E-state index in [9.17, 15) is 20.1 Å². The third kappa shape index (κ3) is 2.76. The average molecular weight is 463 g/mol. The van der Waals surface area contributed by atoms with Gasteiger partial charge in [-0.05, 0) is 67.1 Å². The van der Waals surface area contributed by atoms with Crippen LogP contribution < -0.4 is 0 Å². The van der Waals surface area contributed by atoms with Crippen LogP contribution in [0.4, 0.5) is 0 Å². The van der Waals surface area contributed by atoms with Crippen molar-refractivity contribution in [3.8, 4) is 0 Å². The molecule has 0 amide bonds. The smallest absolute Gasteiger partial charge is 0.171 e. The van der Waals surface area contributed by atoms with Crippen molar-refractivity contribution in [2.75, 3.05) is 6.61 Å². The number of ketones is 1. The molecular formula is C27H42O6. The molecule has 13 atom stereocenters. The van der Waals surface area contributed by atoms with Crippen molar-refractivity contribution in [3.05, 3.63) is 0 Å². The van der Waals surface area contributed by atoms with Crippen LogP contribution in [0.2, 0.25) is 0 Å². The summed E-state index contributed by atoms with van der Waals surface area (Å²) in [5.74, 6) is 1.53. The summed E-state index contributed by atoms with van der Waals surface area (Å²) >= 11 is 0. The van der Waals surface area contributed by atoms with E-state index in [1.165, 1.54) is 0 Å². The monoisotopic (exact) mass is 462 g/mol. The zero-order valence-electron chi connectivity index (χ0n) is 20.6. The summed E-state index contributed by atoms with van der Waals surface area (Å²) in [6.07, 6.45) is 3.96. The topological polar surface area (TPSA) is 96.2 Å². The van der Waals surface area contributed by atoms with Crippen molar-refractivity contribution >= 4 is 5.78 Å². The molecule has 186 valence electrons. The largest absolute Gasteiger partial charge is 0.390 e. The maximum absolute atomic E-state index is 13.4. The van der Waals surface area contributed by atoms with Gasteiger partial charge in [0.2, 0.25) is 0 Å². The minimum atomic E-state index is -1.53. The Bertz CT molecular complexity index is 836. The molecule has 1 spiro atoms. The lowest BCUT2D eigenvalue weighted by Crippen LogP contribution is -2.69. The van der Waals surface area contributed by atoms with Crippen molar-refractivity contribution in [2.24, 2.45) is 46.3 Å². The third-order valence-electron chi connectivity index (χ3n) is 11.9. The van der Waals surface area contributed by atoms with Gasteiger partial charge < -0.3 is 24.8 Å². The third-order valence-corrected chi connectivity index (χ3v) is 11.9. The number of aliphatic hydroxyl groups excluding tert-OH is 2. The first-order valence-corrected chi connectivity index (χ1v) is 13.4. The van der Waals surface area contributed by atoms with E-state index >= 15 is 0 Å². The molecule has 2 heterocycles. The van der Waals surface area contributed by atoms with E-state index in [1.54, 1.807) is 0 Å². The fourth-order valence-electron chi connectivity index (χ4n) is 10.1. The van der Waals surface area contributed by atoms with Crippen molar-refractivity contribution in [2.45, 2.75) is 109 Å². The normalized spacial score (nSPS) is 62.5. The molecule has 3 N–H and O–H groups in total. The number of rotatable bonds is 0. The summed E-state index contributed by atoms with van der Waals surface area (Å²) in [5, 5.41) is 32.4. The number of aliphatic hydroxyl groups is 3. The summed E-state index contributed by atoms with van der Waals surface area (Å²) in [5.41, 5.74) is -2.13. The lowest BCUT2D eigenvalue weighted by molar-refractivity contribution is -0.274. The van der Waals surface area contributed by atoms with Crippen LogP contribution in [0.5, 0.6) is 0 Å². The fourth-order valence-corrected chi connectivity index (χ4v) is 10.1. The molecular weight excluding hydrogens is 420 g/mol. The van der Waals surface area contributed by atoms with Crippen molar-refractivity contribution < 1.29 is 29.6 Å². The number of Topliss-reactive ketones (excluding diaryl/α,β-unsaturated/α-hetero) is 1. The molecule has 4 saturated carbocycles. The predicted molar refractivity (Wildman–Crippen MR) is 121 cm³/mol. The quantitative estimate of drug-likeness (QED) is 0.512. The Kier molecular flexibility index (Phi) is 4.88. The summed E-state index contributed by atoms with van der Waals surface area (Å²) in [4.78, 5) is 13.4. The van der Waals surface area contributed by atoms with E-state index in [0.29, 0.717) is 30.1 Å². The Hall–Kier alpha value is -0.530. The van der Waals surface area contributed by atoms with Crippen molar-refractivity contribution in [3.63, 3.8) is 0 Å². The van der Waals surface area contributed by atoms with Gasteiger partial charge in [-0.15, -0.1) is 0 Å². The van der Waals surface area contributed by atoms with Gasteiger partial charge in [-0.3, -0.25) is 4.79 Å². The lowest BCUT2D eigenvalue weighted by Gasteiger charge is -2.63. The standard InChI is InChI=1S/C27H42O6/c1-14-5-8-27(32-13-14)15(2)23-21(33-27)10-18-16-9-22(30)26(31)12-20(29)19(28)11-25(26,4)17(16)6-7-24(18,23)3/h14-21,23,28-29,31H,5-13H2,1-4H3/t14-,15+,16-,17-,18-,19-,20+,21-,23-,24+,25-,26-,27-/m1/s1. The van der Waals surface area contributed by atoms with Crippen LogP contribution in [0, 0.1) is 46.3 Å². The Labute approximate surface area is 197 Å². The van der Waals surface area contributed by atoms with Crippen LogP contribution in [0.15, 0.2) is 0 Å². The second kappa shape index (κ2) is 7.03. The molecule has 0 aromatic heterocycles. The number of fused-ring (bicyclic) bond motifs is 7. The second-order valence-corrected chi connectivity index (χ2v) is 13.3. The number of ether oxygens (including phenoxy) is 2. The molecule has 6 heteroatoms. The van der Waals surface area contributed by atoms with Gasteiger partial charge in [0, 0.05) is 30.6 Å². The molecule has 0 unspecified atom stereocenters. The molecule has 6 rings (SSSR count). The Balaban J connectivity index is 1.31. The molecule has 0 aromatic carbocycles. The van der Waals surface area contributed by atoms with Crippen LogP contribution in [0.25, 0.3) is 0 Å². The molecule has 33 heavy (non-hydrogen) atoms. The minimum Gasteiger partial charge on any atom is -0.390 e. The minimum absolute atomic E-state index is 0.0433. The summed E-state index contributed by atoms with van der Waals surface area (Å²) in [6, 6.07) is 0. The van der Waals surface area contributed by atoms with Crippen molar-refractivity contribution in [1.29, 1.82) is 0 Å². The summed E-state index contributed by atoms with van der Waals surface area (Å²) < 4.78 is 13.2. The van der Waals surface area contributed by atoms with Crippen molar-refractivity contribution in [1.82, 2.24) is 0 Å². The maximum Gasteiger partial charge on any atom is 0.171 e. The fraction of sp³-hybridized carbons (Fsp3) is 0.963. The zero-order chi connectivity index (χ0) is 23.6. The first-order chi connectivity index (χ1) is 15.5. The average Bonchev–Trinajstić information content (AvgIpc) is 3.19. The van der Waals surface area contributed by atoms with Gasteiger partial charge in [0.15, 0.2) is 11.6 Å². The van der Waals surface area contributed by atoms with Gasteiger partial charge in [-0.25, -0.2) is 0 Å². The van der Waals surface area contributed by atoms with Gasteiger partial charge >= 0.3 is 0 Å². The van der Waals surface area contributed by atoms with E-state index in [4.69, 9.17) is 9.47 Å². The highest BCUT2D eigenvalue weighted by Gasteiger charge is 2.72. The van der Waals surface area contributed by atoms with E-state index < -0.39 is 29.0 Å². The highest BCUT2D eigenvalue weighted by molar-refractivity contribution is 5.89. The first kappa shape index (κ1) is 22.9. The highest BCUT2D eigenvalue weighted by atomic mass is 16.7. The van der Waals surface area contributed by atoms with Gasteiger partial charge in [0.25, 0.3) is 0 Å². The Morgan fingerprint density at radius 1 is 1.00 bits per heavy atom. The molecule has 2 aliphatic heterocycles. The van der Waals surface area contributed by atoms with Gasteiger partial charge in [-0.2, -0.15) is 0 Å². The van der Waals surface area contributed by atoms with Gasteiger partial charge in [0.05, 0.1) is 24.9 Å². The molecule has 0 aromatic rings. The summed E-state index contributed by atoms with van der Waals surface area (Å²) in [6.45, 7) is 9.77. The van der Waals surface area contributed by atoms with Crippen LogP contribution in [0.1, 0.15) is 79.1 Å². The Morgan fingerprint density at radius 2 is 1.73 bits per heavy atom. The van der Waals surface area contributed by atoms with Crippen LogP contribution in [0.3, 0.4) is 0 Å². The summed E-state index contributed by atoms with van der Waals surface area (Å²) in [7, 11) is 0. The second-order valence-electron chi connectivity index (χ2n) is 13.3. The van der Waals surface area contributed by atoms with Gasteiger partial charge in [0.1, 0.15) is 5.60 Å². The van der Waals surface area contributed by atoms with E-state index in [0.717, 1.165) is 38.7 Å². The maximum atomic E-state index is 13.4. The van der Waals surface area contributed by atoms with Gasteiger partial charge in [-0.1, -0.05) is 27.7 Å². The SMILES string of the molecule is C[C@@H]1CC[C@@]2(OC1)O[C@@H]1C[C@@H]3[C@@H]4CC(=O)[C@]5(O)C[C@H](O)[C@H](O)C[C@]5(C)[C@@H]4CC[C@]3(C)[C@@H]1[C@@H]2C. The van der Waals surface area contributed by atoms with E-state index in [1.807, 2.05) is 6.92 Å². The zero-order valence-corrected chi connectivity index (χ0v) is 20.6. The molecule has 6 nitrogen and oxygen atoms in total. The molecule has 0 radical (unpaired) electrons. The highest BCUT2D eigenvalue weighted by Crippen LogP contribution is 2.71. The molecule has 0 bridgehead atoms. The van der Waals surface area contributed by atoms with Crippen LogP contribution in [-0.2, 0) is 14.3 Å². The molecule has 6 fully saturated rings. The Morgan fingerprint density at radius 3 is 2.42 bits per heavy atom. The number of hydrogen-bond acceptors (Lipinski definition) is 6. The number of carbonyl (C=O) groups excluding carboxylic acids is 1. The number of hydrogen-bond donors (Lipinski definition) is 3. The number of carbonyl (C=O) groups is 1. The molecule has 4 aliphatic carbocycles. The predicted octanol–water partition coefficient (Wildman–Crippen LogP) is 3.06. The first-order valence-electron chi connectivity index (χ1n) is 13.4. The van der Waals surface area contributed by atoms with E-state index in [-0.39, 0.29) is 42.0 Å². The lowest BCUT2D eigenvalue weighted by atomic mass is 9.42. The molecule has 6 aliphatic rings. The van der Waals surface area contributed by atoms with E-state index in [2.05, 4.69) is 20.8 Å². The van der Waals surface area contributed by atoms with Crippen LogP contribution in [-0.4, -0.2) is 57.4 Å². The van der Waals surface area contributed by atoms with Crippen LogP contribution >= 0.6 is 0 Å². The molecule has 2 saturated heterocycles.